The predicted octanol–water partition coefficient (Wildman–Crippen LogP) is 3.44. The Bertz CT molecular complexity index is 780. The van der Waals surface area contributed by atoms with Crippen molar-refractivity contribution in [1.82, 2.24) is 10.5 Å². The SMILES string of the molecule is c1ccc(CNC2(Cc3cc(-c4ccccc4)on3)COC2)cc1. The van der Waals surface area contributed by atoms with Crippen LogP contribution in [0.2, 0.25) is 0 Å². The first kappa shape index (κ1) is 15.1. The fraction of sp³-hybridized carbons (Fsp3) is 0.250. The summed E-state index contributed by atoms with van der Waals surface area (Å²) in [6.45, 7) is 2.23. The Morgan fingerprint density at radius 2 is 1.67 bits per heavy atom. The number of ether oxygens (including phenoxy) is 1. The highest BCUT2D eigenvalue weighted by Crippen LogP contribution is 2.26. The summed E-state index contributed by atoms with van der Waals surface area (Å²) in [5, 5.41) is 7.88. The van der Waals surface area contributed by atoms with Gasteiger partial charge >= 0.3 is 0 Å². The van der Waals surface area contributed by atoms with E-state index in [1.165, 1.54) is 5.56 Å². The minimum absolute atomic E-state index is 0.0549. The van der Waals surface area contributed by atoms with E-state index in [0.717, 1.165) is 30.0 Å². The highest BCUT2D eigenvalue weighted by Gasteiger charge is 2.39. The Hall–Kier alpha value is -2.43. The van der Waals surface area contributed by atoms with Crippen LogP contribution in [-0.4, -0.2) is 23.9 Å². The number of rotatable bonds is 6. The molecule has 0 unspecified atom stereocenters. The van der Waals surface area contributed by atoms with Gasteiger partial charge in [0.1, 0.15) is 0 Å². The zero-order valence-electron chi connectivity index (χ0n) is 13.4. The summed E-state index contributed by atoms with van der Waals surface area (Å²) in [7, 11) is 0. The van der Waals surface area contributed by atoms with E-state index in [-0.39, 0.29) is 5.54 Å². The molecule has 1 saturated heterocycles. The molecule has 1 N–H and O–H groups in total. The summed E-state index contributed by atoms with van der Waals surface area (Å²) in [5.74, 6) is 0.809. The quantitative estimate of drug-likeness (QED) is 0.756. The van der Waals surface area contributed by atoms with E-state index in [1.807, 2.05) is 42.5 Å². The standard InChI is InChI=1S/C20H20N2O2/c1-3-7-16(8-4-1)13-21-20(14-23-15-20)12-18-11-19(24-22-18)17-9-5-2-6-10-17/h1-11,21H,12-15H2. The summed E-state index contributed by atoms with van der Waals surface area (Å²) in [6, 6.07) is 22.5. The van der Waals surface area contributed by atoms with Crippen LogP contribution in [0.15, 0.2) is 71.3 Å². The first-order chi connectivity index (χ1) is 11.8. The van der Waals surface area contributed by atoms with Crippen LogP contribution in [0.4, 0.5) is 0 Å². The molecule has 3 aromatic rings. The number of hydrogen-bond donors (Lipinski definition) is 1. The minimum atomic E-state index is -0.0549. The van der Waals surface area contributed by atoms with Gasteiger partial charge < -0.3 is 14.6 Å². The molecule has 4 rings (SSSR count). The molecule has 0 aliphatic carbocycles. The smallest absolute Gasteiger partial charge is 0.167 e. The molecule has 0 saturated carbocycles. The average Bonchev–Trinajstić information content (AvgIpc) is 3.07. The van der Waals surface area contributed by atoms with E-state index in [4.69, 9.17) is 9.26 Å². The van der Waals surface area contributed by atoms with E-state index in [0.29, 0.717) is 13.2 Å². The topological polar surface area (TPSA) is 47.3 Å². The van der Waals surface area contributed by atoms with Crippen molar-refractivity contribution in [3.8, 4) is 11.3 Å². The van der Waals surface area contributed by atoms with Gasteiger partial charge in [0.05, 0.1) is 24.4 Å². The lowest BCUT2D eigenvalue weighted by Crippen LogP contribution is -2.61. The summed E-state index contributed by atoms with van der Waals surface area (Å²) in [6.07, 6.45) is 0.802. The van der Waals surface area contributed by atoms with Crippen LogP contribution < -0.4 is 5.32 Å². The second kappa shape index (κ2) is 6.59. The summed E-state index contributed by atoms with van der Waals surface area (Å²) in [5.41, 5.74) is 3.22. The molecule has 0 radical (unpaired) electrons. The molecule has 1 aromatic heterocycles. The fourth-order valence-corrected chi connectivity index (χ4v) is 2.98. The summed E-state index contributed by atoms with van der Waals surface area (Å²) in [4.78, 5) is 0. The van der Waals surface area contributed by atoms with E-state index >= 15 is 0 Å². The molecule has 4 nitrogen and oxygen atoms in total. The average molecular weight is 320 g/mol. The molecular weight excluding hydrogens is 300 g/mol. The van der Waals surface area contributed by atoms with Crippen LogP contribution in [-0.2, 0) is 17.7 Å². The van der Waals surface area contributed by atoms with Gasteiger partial charge in [-0.1, -0.05) is 65.8 Å². The molecule has 0 atom stereocenters. The Morgan fingerprint density at radius 1 is 0.958 bits per heavy atom. The van der Waals surface area contributed by atoms with Gasteiger partial charge in [-0.2, -0.15) is 0 Å². The third kappa shape index (κ3) is 3.25. The number of aromatic nitrogens is 1. The maximum Gasteiger partial charge on any atom is 0.167 e. The van der Waals surface area contributed by atoms with Crippen molar-refractivity contribution in [3.05, 3.63) is 78.0 Å². The lowest BCUT2D eigenvalue weighted by Gasteiger charge is -2.42. The molecule has 2 heterocycles. The van der Waals surface area contributed by atoms with E-state index in [1.54, 1.807) is 0 Å². The molecule has 0 bridgehead atoms. The monoisotopic (exact) mass is 320 g/mol. The predicted molar refractivity (Wildman–Crippen MR) is 92.5 cm³/mol. The van der Waals surface area contributed by atoms with Gasteiger partial charge in [-0.25, -0.2) is 0 Å². The maximum absolute atomic E-state index is 5.51. The maximum atomic E-state index is 5.51. The van der Waals surface area contributed by atoms with Crippen LogP contribution in [0, 0.1) is 0 Å². The molecular formula is C20H20N2O2. The van der Waals surface area contributed by atoms with Crippen molar-refractivity contribution in [2.24, 2.45) is 0 Å². The Kier molecular flexibility index (Phi) is 4.15. The van der Waals surface area contributed by atoms with E-state index in [9.17, 15) is 0 Å². The summed E-state index contributed by atoms with van der Waals surface area (Å²) < 4.78 is 11.0. The fourth-order valence-electron chi connectivity index (χ4n) is 2.98. The first-order valence-electron chi connectivity index (χ1n) is 8.21. The number of benzene rings is 2. The number of hydrogen-bond acceptors (Lipinski definition) is 4. The molecule has 122 valence electrons. The van der Waals surface area contributed by atoms with Crippen molar-refractivity contribution < 1.29 is 9.26 Å². The normalized spacial score (nSPS) is 15.8. The largest absolute Gasteiger partial charge is 0.377 e. The molecule has 4 heteroatoms. The van der Waals surface area contributed by atoms with E-state index < -0.39 is 0 Å². The second-order valence-corrected chi connectivity index (χ2v) is 6.34. The van der Waals surface area contributed by atoms with Crippen molar-refractivity contribution in [1.29, 1.82) is 0 Å². The van der Waals surface area contributed by atoms with Crippen LogP contribution >= 0.6 is 0 Å². The van der Waals surface area contributed by atoms with Gasteiger partial charge in [0.15, 0.2) is 5.76 Å². The van der Waals surface area contributed by atoms with E-state index in [2.05, 4.69) is 34.7 Å². The third-order valence-electron chi connectivity index (χ3n) is 4.40. The Labute approximate surface area is 141 Å². The molecule has 24 heavy (non-hydrogen) atoms. The van der Waals surface area contributed by atoms with Gasteiger partial charge in [0.2, 0.25) is 0 Å². The first-order valence-corrected chi connectivity index (χ1v) is 8.21. The van der Waals surface area contributed by atoms with Gasteiger partial charge in [-0.05, 0) is 5.56 Å². The molecule has 2 aromatic carbocycles. The van der Waals surface area contributed by atoms with Crippen LogP contribution in [0.3, 0.4) is 0 Å². The van der Waals surface area contributed by atoms with Gasteiger partial charge in [0.25, 0.3) is 0 Å². The van der Waals surface area contributed by atoms with Gasteiger partial charge in [0, 0.05) is 24.6 Å². The number of nitrogens with one attached hydrogen (secondary N) is 1. The van der Waals surface area contributed by atoms with Crippen LogP contribution in [0.25, 0.3) is 11.3 Å². The molecule has 1 aliphatic heterocycles. The summed E-state index contributed by atoms with van der Waals surface area (Å²) >= 11 is 0. The molecule has 1 fully saturated rings. The molecule has 0 amide bonds. The lowest BCUT2D eigenvalue weighted by molar-refractivity contribution is -0.0755. The lowest BCUT2D eigenvalue weighted by atomic mass is 9.90. The Balaban J connectivity index is 1.44. The highest BCUT2D eigenvalue weighted by atomic mass is 16.5. The molecule has 0 spiro atoms. The number of nitrogens with zero attached hydrogens (tertiary/aromatic N) is 1. The third-order valence-corrected chi connectivity index (χ3v) is 4.40. The molecule has 1 aliphatic rings. The van der Waals surface area contributed by atoms with Crippen molar-refractivity contribution in [2.75, 3.05) is 13.2 Å². The highest BCUT2D eigenvalue weighted by molar-refractivity contribution is 5.56. The second-order valence-electron chi connectivity index (χ2n) is 6.34. The zero-order chi connectivity index (χ0) is 16.2. The minimum Gasteiger partial charge on any atom is -0.377 e. The van der Waals surface area contributed by atoms with Crippen molar-refractivity contribution in [2.45, 2.75) is 18.5 Å². The van der Waals surface area contributed by atoms with Crippen molar-refractivity contribution in [3.63, 3.8) is 0 Å². The Morgan fingerprint density at radius 3 is 2.33 bits per heavy atom. The van der Waals surface area contributed by atoms with Gasteiger partial charge in [-0.15, -0.1) is 0 Å². The van der Waals surface area contributed by atoms with Crippen LogP contribution in [0.5, 0.6) is 0 Å². The van der Waals surface area contributed by atoms with Crippen LogP contribution in [0.1, 0.15) is 11.3 Å². The van der Waals surface area contributed by atoms with Crippen molar-refractivity contribution >= 4 is 0 Å². The van der Waals surface area contributed by atoms with Gasteiger partial charge in [-0.3, -0.25) is 0 Å². The zero-order valence-corrected chi connectivity index (χ0v) is 13.4.